The summed E-state index contributed by atoms with van der Waals surface area (Å²) in [5, 5.41) is 2.55. The molecule has 0 aliphatic carbocycles. The van der Waals surface area contributed by atoms with Gasteiger partial charge >= 0.3 is 0 Å². The first-order chi connectivity index (χ1) is 7.16. The van der Waals surface area contributed by atoms with Crippen LogP contribution >= 0.6 is 11.6 Å². The minimum Gasteiger partial charge on any atom is -0.375 e. The van der Waals surface area contributed by atoms with Crippen molar-refractivity contribution in [3.63, 3.8) is 0 Å². The molecule has 0 spiro atoms. The van der Waals surface area contributed by atoms with Gasteiger partial charge < -0.3 is 10.1 Å². The van der Waals surface area contributed by atoms with E-state index in [2.05, 4.69) is 10.1 Å². The topological polar surface area (TPSA) is 38.3 Å². The van der Waals surface area contributed by atoms with Crippen molar-refractivity contribution in [3.8, 4) is 0 Å². The summed E-state index contributed by atoms with van der Waals surface area (Å²) in [5.41, 5.74) is 0. The van der Waals surface area contributed by atoms with Crippen molar-refractivity contribution in [2.24, 2.45) is 0 Å². The van der Waals surface area contributed by atoms with E-state index in [4.69, 9.17) is 11.6 Å². The van der Waals surface area contributed by atoms with E-state index in [1.54, 1.807) is 12.2 Å². The maximum Gasteiger partial charge on any atom is 0.261 e. The van der Waals surface area contributed by atoms with Crippen molar-refractivity contribution in [3.05, 3.63) is 12.2 Å². The van der Waals surface area contributed by atoms with Gasteiger partial charge in [-0.25, -0.2) is 8.78 Å². The Morgan fingerprint density at radius 1 is 1.47 bits per heavy atom. The third kappa shape index (κ3) is 11.2. The van der Waals surface area contributed by atoms with Gasteiger partial charge in [0, 0.05) is 18.8 Å². The zero-order valence-electron chi connectivity index (χ0n) is 8.22. The van der Waals surface area contributed by atoms with Gasteiger partial charge in [0.1, 0.15) is 6.61 Å². The zero-order valence-corrected chi connectivity index (χ0v) is 8.97. The Hall–Kier alpha value is -0.680. The summed E-state index contributed by atoms with van der Waals surface area (Å²) in [6.45, 7) is -0.227. The van der Waals surface area contributed by atoms with Crippen LogP contribution in [0.3, 0.4) is 0 Å². The number of carbonyl (C=O) groups excluding carboxylic acids is 1. The van der Waals surface area contributed by atoms with Gasteiger partial charge in [-0.1, -0.05) is 12.2 Å². The van der Waals surface area contributed by atoms with Crippen LogP contribution in [0.2, 0.25) is 0 Å². The Morgan fingerprint density at radius 2 is 2.20 bits per heavy atom. The number of amides is 1. The van der Waals surface area contributed by atoms with Gasteiger partial charge in [-0.2, -0.15) is 0 Å². The Balaban J connectivity index is 3.30. The van der Waals surface area contributed by atoms with Crippen LogP contribution in [-0.4, -0.2) is 38.0 Å². The molecule has 15 heavy (non-hydrogen) atoms. The van der Waals surface area contributed by atoms with Crippen LogP contribution < -0.4 is 5.32 Å². The molecule has 0 aliphatic rings. The van der Waals surface area contributed by atoms with Crippen molar-refractivity contribution in [1.29, 1.82) is 0 Å². The van der Waals surface area contributed by atoms with E-state index in [1.807, 2.05) is 0 Å². The van der Waals surface area contributed by atoms with Crippen LogP contribution in [0, 0.1) is 0 Å². The molecule has 1 amide bonds. The van der Waals surface area contributed by atoms with Gasteiger partial charge in [0.15, 0.2) is 0 Å². The first-order valence-corrected chi connectivity index (χ1v) is 5.03. The van der Waals surface area contributed by atoms with E-state index >= 15 is 0 Å². The maximum absolute atomic E-state index is 11.6. The molecule has 0 radical (unpaired) electrons. The number of hydrogen-bond acceptors (Lipinski definition) is 2. The molecule has 0 rings (SSSR count). The van der Waals surface area contributed by atoms with Crippen LogP contribution in [-0.2, 0) is 9.53 Å². The summed E-state index contributed by atoms with van der Waals surface area (Å²) in [6, 6.07) is 0. The summed E-state index contributed by atoms with van der Waals surface area (Å²) in [4.78, 5) is 11.0. The van der Waals surface area contributed by atoms with Gasteiger partial charge in [0.25, 0.3) is 6.43 Å². The summed E-state index contributed by atoms with van der Waals surface area (Å²) >= 11 is 5.36. The lowest BCUT2D eigenvalue weighted by atomic mass is 10.4. The van der Waals surface area contributed by atoms with E-state index in [0.29, 0.717) is 12.4 Å². The average molecular weight is 242 g/mol. The fraction of sp³-hybridized carbons (Fsp3) is 0.667. The van der Waals surface area contributed by atoms with Crippen molar-refractivity contribution in [2.75, 3.05) is 25.6 Å². The van der Waals surface area contributed by atoms with Gasteiger partial charge in [-0.3, -0.25) is 4.79 Å². The molecule has 0 aromatic heterocycles. The molecule has 0 aromatic rings. The number of alkyl halides is 3. The third-order valence-corrected chi connectivity index (χ3v) is 1.57. The molecule has 0 heterocycles. The lowest BCUT2D eigenvalue weighted by Gasteiger charge is -2.03. The quantitative estimate of drug-likeness (QED) is 0.398. The number of carbonyl (C=O) groups is 1. The van der Waals surface area contributed by atoms with Crippen LogP contribution in [0.1, 0.15) is 6.42 Å². The summed E-state index contributed by atoms with van der Waals surface area (Å²) in [7, 11) is 0. The molecule has 88 valence electrons. The Kier molecular flexibility index (Phi) is 9.41. The van der Waals surface area contributed by atoms with Gasteiger partial charge in [0.2, 0.25) is 5.91 Å². The molecule has 0 bridgehead atoms. The first kappa shape index (κ1) is 14.3. The van der Waals surface area contributed by atoms with Crippen molar-refractivity contribution in [2.45, 2.75) is 12.8 Å². The SMILES string of the molecule is O=C(CCOCC(F)F)NC/C=C/CCl. The van der Waals surface area contributed by atoms with Crippen molar-refractivity contribution in [1.82, 2.24) is 5.32 Å². The number of rotatable bonds is 8. The number of ether oxygens (including phenoxy) is 1. The number of hydrogen-bond donors (Lipinski definition) is 1. The fourth-order valence-electron chi connectivity index (χ4n) is 0.745. The molecule has 0 saturated heterocycles. The predicted molar refractivity (Wildman–Crippen MR) is 54.3 cm³/mol. The monoisotopic (exact) mass is 241 g/mol. The van der Waals surface area contributed by atoms with Gasteiger partial charge in [0.05, 0.1) is 6.61 Å². The molecule has 0 unspecified atom stereocenters. The molecular weight excluding hydrogens is 228 g/mol. The third-order valence-electron chi connectivity index (χ3n) is 1.39. The van der Waals surface area contributed by atoms with E-state index in [-0.39, 0.29) is 18.9 Å². The summed E-state index contributed by atoms with van der Waals surface area (Å²) in [6.07, 6.45) is 1.02. The van der Waals surface area contributed by atoms with Crippen LogP contribution in [0.5, 0.6) is 0 Å². The largest absolute Gasteiger partial charge is 0.375 e. The molecule has 0 atom stereocenters. The van der Waals surface area contributed by atoms with E-state index < -0.39 is 13.0 Å². The van der Waals surface area contributed by atoms with E-state index in [0.717, 1.165) is 0 Å². The van der Waals surface area contributed by atoms with Crippen LogP contribution in [0.15, 0.2) is 12.2 Å². The second-order valence-corrected chi connectivity index (χ2v) is 2.95. The van der Waals surface area contributed by atoms with E-state index in [9.17, 15) is 13.6 Å². The molecule has 1 N–H and O–H groups in total. The van der Waals surface area contributed by atoms with Crippen LogP contribution in [0.25, 0.3) is 0 Å². The highest BCUT2D eigenvalue weighted by molar-refractivity contribution is 6.18. The normalized spacial score (nSPS) is 11.2. The molecule has 6 heteroatoms. The highest BCUT2D eigenvalue weighted by atomic mass is 35.5. The standard InChI is InChI=1S/C9H14ClF2NO2/c10-4-1-2-5-13-9(14)3-6-15-7-8(11)12/h1-2,8H,3-7H2,(H,13,14)/b2-1+. The summed E-state index contributed by atoms with van der Waals surface area (Å²) in [5.74, 6) is 0.163. The van der Waals surface area contributed by atoms with E-state index in [1.165, 1.54) is 0 Å². The van der Waals surface area contributed by atoms with Crippen LogP contribution in [0.4, 0.5) is 8.78 Å². The Bertz CT molecular complexity index is 201. The minimum absolute atomic E-state index is 0.00932. The number of allylic oxidation sites excluding steroid dienone is 1. The Morgan fingerprint density at radius 3 is 2.80 bits per heavy atom. The second-order valence-electron chi connectivity index (χ2n) is 2.65. The smallest absolute Gasteiger partial charge is 0.261 e. The highest BCUT2D eigenvalue weighted by Gasteiger charge is 2.03. The summed E-state index contributed by atoms with van der Waals surface area (Å²) < 4.78 is 27.7. The molecule has 0 saturated carbocycles. The Labute approximate surface area is 92.4 Å². The minimum atomic E-state index is -2.49. The fourth-order valence-corrected chi connectivity index (χ4v) is 0.871. The van der Waals surface area contributed by atoms with Gasteiger partial charge in [-0.15, -0.1) is 11.6 Å². The maximum atomic E-state index is 11.6. The average Bonchev–Trinajstić information content (AvgIpc) is 2.19. The first-order valence-electron chi connectivity index (χ1n) is 4.50. The second kappa shape index (κ2) is 9.86. The zero-order chi connectivity index (χ0) is 11.5. The lowest BCUT2D eigenvalue weighted by molar-refractivity contribution is -0.122. The lowest BCUT2D eigenvalue weighted by Crippen LogP contribution is -2.24. The molecule has 3 nitrogen and oxygen atoms in total. The predicted octanol–water partition coefficient (Wildman–Crippen LogP) is 1.57. The highest BCUT2D eigenvalue weighted by Crippen LogP contribution is 1.93. The molecule has 0 aromatic carbocycles. The van der Waals surface area contributed by atoms with Crippen molar-refractivity contribution < 1.29 is 18.3 Å². The molecular formula is C9H14ClF2NO2. The molecule has 0 fully saturated rings. The van der Waals surface area contributed by atoms with Gasteiger partial charge in [-0.05, 0) is 0 Å². The number of halogens is 3. The molecule has 0 aliphatic heterocycles. The van der Waals surface area contributed by atoms with Crippen molar-refractivity contribution >= 4 is 17.5 Å². The number of nitrogens with one attached hydrogen (secondary N) is 1.